The third-order valence-electron chi connectivity index (χ3n) is 5.88. The number of allylic oxidation sites excluding steroid dienone is 1. The van der Waals surface area contributed by atoms with Gasteiger partial charge in [-0.25, -0.2) is 9.79 Å². The van der Waals surface area contributed by atoms with Gasteiger partial charge in [-0.1, -0.05) is 30.3 Å². The molecule has 0 spiro atoms. The van der Waals surface area contributed by atoms with Gasteiger partial charge in [0, 0.05) is 22.7 Å². The van der Waals surface area contributed by atoms with Crippen LogP contribution in [0, 0.1) is 0 Å². The lowest BCUT2D eigenvalue weighted by Crippen LogP contribution is -2.39. The van der Waals surface area contributed by atoms with Crippen LogP contribution in [0.15, 0.2) is 75.8 Å². The second kappa shape index (κ2) is 7.98. The molecule has 8 heteroatoms. The lowest BCUT2D eigenvalue weighted by Gasteiger charge is -2.24. The zero-order chi connectivity index (χ0) is 23.1. The van der Waals surface area contributed by atoms with E-state index in [1.807, 2.05) is 42.6 Å². The zero-order valence-corrected chi connectivity index (χ0v) is 18.4. The number of carbonyl (C=O) groups excluding carboxylic acids is 1. The molecular formula is C25H22N4O4. The van der Waals surface area contributed by atoms with Crippen molar-refractivity contribution in [3.05, 3.63) is 98.4 Å². The summed E-state index contributed by atoms with van der Waals surface area (Å²) in [5.41, 5.74) is 3.49. The van der Waals surface area contributed by atoms with Gasteiger partial charge < -0.3 is 19.4 Å². The molecule has 1 unspecified atom stereocenters. The first-order chi connectivity index (χ1) is 16.0. The Morgan fingerprint density at radius 3 is 2.61 bits per heavy atom. The molecule has 3 heterocycles. The van der Waals surface area contributed by atoms with Crippen LogP contribution in [0.1, 0.15) is 24.1 Å². The molecule has 5 rings (SSSR count). The molecular weight excluding hydrogens is 420 g/mol. The highest BCUT2D eigenvalue weighted by Crippen LogP contribution is 2.31. The summed E-state index contributed by atoms with van der Waals surface area (Å²) in [5, 5.41) is 1.37. The zero-order valence-electron chi connectivity index (χ0n) is 18.4. The predicted molar refractivity (Wildman–Crippen MR) is 124 cm³/mol. The van der Waals surface area contributed by atoms with Crippen LogP contribution < -0.4 is 21.3 Å². The minimum atomic E-state index is -0.690. The smallest absolute Gasteiger partial charge is 0.338 e. The Bertz CT molecular complexity index is 1590. The van der Waals surface area contributed by atoms with Crippen LogP contribution in [-0.2, 0) is 9.53 Å². The molecule has 2 aromatic carbocycles. The van der Waals surface area contributed by atoms with Crippen molar-refractivity contribution in [3.63, 3.8) is 0 Å². The van der Waals surface area contributed by atoms with Crippen molar-refractivity contribution in [3.8, 4) is 5.75 Å². The Morgan fingerprint density at radius 1 is 1.12 bits per heavy atom. The third-order valence-corrected chi connectivity index (χ3v) is 5.88. The highest BCUT2D eigenvalue weighted by Gasteiger charge is 2.33. The lowest BCUT2D eigenvalue weighted by atomic mass is 9.96. The van der Waals surface area contributed by atoms with Crippen molar-refractivity contribution in [2.24, 2.45) is 4.99 Å². The molecule has 0 aliphatic carbocycles. The molecule has 166 valence electrons. The number of carbonyl (C=O) groups is 1. The van der Waals surface area contributed by atoms with Crippen molar-refractivity contribution < 1.29 is 14.3 Å². The summed E-state index contributed by atoms with van der Waals surface area (Å²) in [6, 6.07) is 14.4. The Morgan fingerprint density at radius 2 is 1.88 bits per heavy atom. The Balaban J connectivity index is 1.74. The van der Waals surface area contributed by atoms with E-state index >= 15 is 0 Å². The predicted octanol–water partition coefficient (Wildman–Crippen LogP) is 2.16. The van der Waals surface area contributed by atoms with Crippen LogP contribution in [0.3, 0.4) is 0 Å². The van der Waals surface area contributed by atoms with E-state index in [2.05, 4.69) is 15.0 Å². The van der Waals surface area contributed by atoms with Crippen LogP contribution in [0.5, 0.6) is 5.75 Å². The number of nitrogens with zero attached hydrogens (tertiary/aromatic N) is 2. The molecule has 0 radical (unpaired) electrons. The summed E-state index contributed by atoms with van der Waals surface area (Å²) in [6.45, 7) is 1.74. The number of aromatic nitrogens is 3. The van der Waals surface area contributed by atoms with Crippen molar-refractivity contribution in [2.45, 2.75) is 13.0 Å². The first kappa shape index (κ1) is 20.6. The highest BCUT2D eigenvalue weighted by molar-refractivity contribution is 5.91. The molecule has 2 N–H and O–H groups in total. The van der Waals surface area contributed by atoms with Gasteiger partial charge in [0.2, 0.25) is 5.62 Å². The second-order valence-corrected chi connectivity index (χ2v) is 7.75. The minimum absolute atomic E-state index is 0.284. The summed E-state index contributed by atoms with van der Waals surface area (Å²) in [5.74, 6) is 0.146. The van der Waals surface area contributed by atoms with E-state index in [1.54, 1.807) is 32.2 Å². The summed E-state index contributed by atoms with van der Waals surface area (Å²) in [4.78, 5) is 37.2. The Kier molecular flexibility index (Phi) is 4.97. The van der Waals surface area contributed by atoms with E-state index in [4.69, 9.17) is 9.47 Å². The van der Waals surface area contributed by atoms with Crippen molar-refractivity contribution >= 4 is 22.9 Å². The van der Waals surface area contributed by atoms with Gasteiger partial charge >= 0.3 is 5.97 Å². The van der Waals surface area contributed by atoms with E-state index in [1.165, 1.54) is 11.7 Å². The van der Waals surface area contributed by atoms with E-state index < -0.39 is 12.0 Å². The summed E-state index contributed by atoms with van der Waals surface area (Å²) in [7, 11) is 2.90. The summed E-state index contributed by atoms with van der Waals surface area (Å²) < 4.78 is 11.8. The lowest BCUT2D eigenvalue weighted by molar-refractivity contribution is -0.136. The molecule has 1 aliphatic rings. The largest absolute Gasteiger partial charge is 0.497 e. The molecule has 0 fully saturated rings. The number of rotatable bonds is 4. The number of hydrogen-bond donors (Lipinski definition) is 2. The first-order valence-corrected chi connectivity index (χ1v) is 10.4. The van der Waals surface area contributed by atoms with Gasteiger partial charge in [0.1, 0.15) is 11.1 Å². The average Bonchev–Trinajstić information content (AvgIpc) is 3.38. The fraction of sp³-hybridized carbons (Fsp3) is 0.160. The fourth-order valence-electron chi connectivity index (χ4n) is 4.27. The van der Waals surface area contributed by atoms with Crippen LogP contribution in [0.25, 0.3) is 17.0 Å². The van der Waals surface area contributed by atoms with Crippen LogP contribution in [0.4, 0.5) is 0 Å². The topological polar surface area (TPSA) is 101 Å². The van der Waals surface area contributed by atoms with Gasteiger partial charge in [-0.3, -0.25) is 9.36 Å². The van der Waals surface area contributed by atoms with Gasteiger partial charge in [-0.2, -0.15) is 0 Å². The van der Waals surface area contributed by atoms with Gasteiger partial charge in [-0.05, 0) is 36.8 Å². The standard InChI is InChI=1S/C25H22N4O4/c1-14-21(24(31)33-3)22(15-8-10-17(32-2)11-9-15)29-23(30)20(28-25(29)27-14)12-16-13-26-19-7-5-4-6-18(16)19/h4-13,22,26H,1-3H3,(H,27,28). The van der Waals surface area contributed by atoms with E-state index in [9.17, 15) is 9.59 Å². The van der Waals surface area contributed by atoms with Crippen LogP contribution >= 0.6 is 0 Å². The van der Waals surface area contributed by atoms with Gasteiger partial charge in [0.25, 0.3) is 5.56 Å². The molecule has 8 nitrogen and oxygen atoms in total. The first-order valence-electron chi connectivity index (χ1n) is 10.4. The number of H-pyrrole nitrogens is 2. The molecule has 2 aromatic heterocycles. The third kappa shape index (κ3) is 3.36. The quantitative estimate of drug-likeness (QED) is 0.473. The number of benzene rings is 2. The van der Waals surface area contributed by atoms with Gasteiger partial charge in [0.15, 0.2) is 0 Å². The molecule has 0 amide bonds. The number of aromatic amines is 2. The highest BCUT2D eigenvalue weighted by atomic mass is 16.5. The minimum Gasteiger partial charge on any atom is -0.497 e. The molecule has 0 saturated heterocycles. The molecule has 33 heavy (non-hydrogen) atoms. The Hall–Kier alpha value is -4.33. The Labute approximate surface area is 188 Å². The molecule has 0 saturated carbocycles. The van der Waals surface area contributed by atoms with E-state index in [-0.39, 0.29) is 5.56 Å². The number of fused-ring (bicyclic) bond motifs is 2. The number of methoxy groups -OCH3 is 2. The van der Waals surface area contributed by atoms with Crippen LogP contribution in [0.2, 0.25) is 0 Å². The molecule has 0 bridgehead atoms. The number of esters is 1. The van der Waals surface area contributed by atoms with E-state index in [0.717, 1.165) is 22.0 Å². The summed E-state index contributed by atoms with van der Waals surface area (Å²) >= 11 is 0. The number of imidazole rings is 1. The maximum Gasteiger partial charge on any atom is 0.338 e. The number of nitrogens with one attached hydrogen (secondary N) is 2. The maximum atomic E-state index is 13.6. The number of ether oxygens (including phenoxy) is 2. The van der Waals surface area contributed by atoms with Crippen molar-refractivity contribution in [1.82, 2.24) is 14.5 Å². The molecule has 1 atom stereocenters. The number of hydrogen-bond acceptors (Lipinski definition) is 5. The molecule has 4 aromatic rings. The van der Waals surface area contributed by atoms with Gasteiger partial charge in [0.05, 0.1) is 31.5 Å². The monoisotopic (exact) mass is 442 g/mol. The summed E-state index contributed by atoms with van der Waals surface area (Å²) in [6.07, 6.45) is 3.65. The maximum absolute atomic E-state index is 13.6. The van der Waals surface area contributed by atoms with Gasteiger partial charge in [-0.15, -0.1) is 0 Å². The fourth-order valence-corrected chi connectivity index (χ4v) is 4.27. The average molecular weight is 442 g/mol. The normalized spacial score (nSPS) is 16.0. The number of para-hydroxylation sites is 1. The SMILES string of the molecule is COC(=O)C1=C(C)N=c2[nH]c(=Cc3c[nH]c4ccccc34)c(=O)n2C1c1ccc(OC)cc1. The second-order valence-electron chi connectivity index (χ2n) is 7.75. The van der Waals surface area contributed by atoms with Crippen molar-refractivity contribution in [2.75, 3.05) is 14.2 Å². The van der Waals surface area contributed by atoms with Crippen molar-refractivity contribution in [1.29, 1.82) is 0 Å². The van der Waals surface area contributed by atoms with E-state index in [0.29, 0.717) is 28.0 Å². The van der Waals surface area contributed by atoms with Crippen LogP contribution in [-0.4, -0.2) is 34.7 Å². The molecule has 1 aliphatic heterocycles.